The molecule has 5 nitrogen and oxygen atoms in total. The van der Waals surface area contributed by atoms with E-state index in [1.54, 1.807) is 7.05 Å². The SMILES string of the molecule is CC(C)NCCN(C)S(=O)(=O)C1CCOC1. The van der Waals surface area contributed by atoms with Gasteiger partial charge in [-0.05, 0) is 6.42 Å². The second kappa shape index (κ2) is 5.95. The molecular weight excluding hydrogens is 228 g/mol. The molecule has 96 valence electrons. The van der Waals surface area contributed by atoms with Crippen LogP contribution in [0.15, 0.2) is 0 Å². The first-order valence-electron chi connectivity index (χ1n) is 5.71. The third-order valence-corrected chi connectivity index (χ3v) is 4.99. The summed E-state index contributed by atoms with van der Waals surface area (Å²) in [6.45, 7) is 6.17. The molecule has 1 atom stereocenters. The number of nitrogens with one attached hydrogen (secondary N) is 1. The van der Waals surface area contributed by atoms with E-state index >= 15 is 0 Å². The van der Waals surface area contributed by atoms with Gasteiger partial charge in [0.1, 0.15) is 5.25 Å². The summed E-state index contributed by atoms with van der Waals surface area (Å²) < 4.78 is 30.6. The zero-order valence-corrected chi connectivity index (χ0v) is 11.1. The monoisotopic (exact) mass is 250 g/mol. The van der Waals surface area contributed by atoms with Crippen LogP contribution in [0.4, 0.5) is 0 Å². The van der Waals surface area contributed by atoms with E-state index in [2.05, 4.69) is 5.32 Å². The molecule has 1 rings (SSSR count). The zero-order chi connectivity index (χ0) is 12.2. The van der Waals surface area contributed by atoms with Gasteiger partial charge in [-0.3, -0.25) is 0 Å². The van der Waals surface area contributed by atoms with Crippen molar-refractivity contribution in [1.29, 1.82) is 0 Å². The summed E-state index contributed by atoms with van der Waals surface area (Å²) in [5, 5.41) is 2.85. The minimum Gasteiger partial charge on any atom is -0.380 e. The van der Waals surface area contributed by atoms with Gasteiger partial charge in [0.2, 0.25) is 10.0 Å². The number of hydrogen-bond acceptors (Lipinski definition) is 4. The van der Waals surface area contributed by atoms with Gasteiger partial charge in [-0.2, -0.15) is 0 Å². The minimum atomic E-state index is -3.17. The maximum atomic E-state index is 12.0. The number of rotatable bonds is 6. The highest BCUT2D eigenvalue weighted by molar-refractivity contribution is 7.89. The van der Waals surface area contributed by atoms with Crippen molar-refractivity contribution in [2.24, 2.45) is 0 Å². The van der Waals surface area contributed by atoms with Crippen molar-refractivity contribution >= 4 is 10.0 Å². The van der Waals surface area contributed by atoms with Gasteiger partial charge < -0.3 is 10.1 Å². The Morgan fingerprint density at radius 1 is 1.50 bits per heavy atom. The molecule has 1 N–H and O–H groups in total. The van der Waals surface area contributed by atoms with E-state index in [9.17, 15) is 8.42 Å². The maximum Gasteiger partial charge on any atom is 0.219 e. The molecule has 1 aliphatic heterocycles. The average molecular weight is 250 g/mol. The Labute approximate surface area is 98.2 Å². The lowest BCUT2D eigenvalue weighted by Gasteiger charge is -2.21. The van der Waals surface area contributed by atoms with E-state index in [4.69, 9.17) is 4.74 Å². The summed E-state index contributed by atoms with van der Waals surface area (Å²) in [5.41, 5.74) is 0. The summed E-state index contributed by atoms with van der Waals surface area (Å²) in [6.07, 6.45) is 0.615. The average Bonchev–Trinajstić information content (AvgIpc) is 2.69. The third kappa shape index (κ3) is 3.69. The van der Waals surface area contributed by atoms with Crippen LogP contribution in [0, 0.1) is 0 Å². The summed E-state index contributed by atoms with van der Waals surface area (Å²) in [4.78, 5) is 0. The topological polar surface area (TPSA) is 58.6 Å². The molecule has 1 fully saturated rings. The van der Waals surface area contributed by atoms with Gasteiger partial charge in [-0.15, -0.1) is 0 Å². The van der Waals surface area contributed by atoms with E-state index in [1.165, 1.54) is 4.31 Å². The second-order valence-electron chi connectivity index (χ2n) is 4.46. The lowest BCUT2D eigenvalue weighted by Crippen LogP contribution is -2.41. The highest BCUT2D eigenvalue weighted by Gasteiger charge is 2.32. The van der Waals surface area contributed by atoms with E-state index in [0.717, 1.165) is 0 Å². The van der Waals surface area contributed by atoms with Gasteiger partial charge in [0.15, 0.2) is 0 Å². The van der Waals surface area contributed by atoms with E-state index in [-0.39, 0.29) is 5.25 Å². The van der Waals surface area contributed by atoms with Crippen molar-refractivity contribution in [3.63, 3.8) is 0 Å². The van der Waals surface area contributed by atoms with Gasteiger partial charge in [-0.25, -0.2) is 12.7 Å². The molecule has 0 aromatic rings. The molecule has 1 saturated heterocycles. The Balaban J connectivity index is 2.42. The molecule has 0 spiro atoms. The van der Waals surface area contributed by atoms with Gasteiger partial charge in [0.05, 0.1) is 6.61 Å². The fourth-order valence-electron chi connectivity index (χ4n) is 1.64. The summed E-state index contributed by atoms with van der Waals surface area (Å²) in [7, 11) is -1.53. The van der Waals surface area contributed by atoms with Crippen LogP contribution >= 0.6 is 0 Å². The molecule has 0 aromatic carbocycles. The Hall–Kier alpha value is -0.170. The smallest absolute Gasteiger partial charge is 0.219 e. The van der Waals surface area contributed by atoms with Crippen LogP contribution in [-0.4, -0.2) is 57.4 Å². The van der Waals surface area contributed by atoms with Crippen molar-refractivity contribution in [1.82, 2.24) is 9.62 Å². The van der Waals surface area contributed by atoms with Gasteiger partial charge in [0.25, 0.3) is 0 Å². The molecule has 0 saturated carbocycles. The normalized spacial score (nSPS) is 22.2. The molecule has 1 heterocycles. The first-order valence-corrected chi connectivity index (χ1v) is 7.21. The Morgan fingerprint density at radius 3 is 2.69 bits per heavy atom. The van der Waals surface area contributed by atoms with Crippen molar-refractivity contribution in [2.45, 2.75) is 31.6 Å². The zero-order valence-electron chi connectivity index (χ0n) is 10.3. The third-order valence-electron chi connectivity index (χ3n) is 2.72. The van der Waals surface area contributed by atoms with Crippen molar-refractivity contribution in [3.8, 4) is 0 Å². The van der Waals surface area contributed by atoms with E-state index < -0.39 is 10.0 Å². The van der Waals surface area contributed by atoms with Crippen LogP contribution < -0.4 is 5.32 Å². The molecule has 0 aromatic heterocycles. The Bertz CT molecular complexity index is 297. The van der Waals surface area contributed by atoms with Gasteiger partial charge >= 0.3 is 0 Å². The largest absolute Gasteiger partial charge is 0.380 e. The van der Waals surface area contributed by atoms with Crippen LogP contribution in [0.3, 0.4) is 0 Å². The van der Waals surface area contributed by atoms with Crippen LogP contribution in [0.25, 0.3) is 0 Å². The first-order chi connectivity index (χ1) is 7.44. The van der Waals surface area contributed by atoms with Crippen molar-refractivity contribution in [3.05, 3.63) is 0 Å². The van der Waals surface area contributed by atoms with E-state index in [0.29, 0.717) is 38.8 Å². The van der Waals surface area contributed by atoms with Gasteiger partial charge in [-0.1, -0.05) is 13.8 Å². The fourth-order valence-corrected chi connectivity index (χ4v) is 3.16. The number of sulfonamides is 1. The van der Waals surface area contributed by atoms with Crippen LogP contribution in [-0.2, 0) is 14.8 Å². The highest BCUT2D eigenvalue weighted by atomic mass is 32.2. The molecule has 6 heteroatoms. The van der Waals surface area contributed by atoms with Crippen molar-refractivity contribution < 1.29 is 13.2 Å². The van der Waals surface area contributed by atoms with E-state index in [1.807, 2.05) is 13.8 Å². The van der Waals surface area contributed by atoms with Crippen LogP contribution in [0.2, 0.25) is 0 Å². The molecule has 0 bridgehead atoms. The summed E-state index contributed by atoms with van der Waals surface area (Å²) in [6, 6.07) is 0.380. The van der Waals surface area contributed by atoms with Crippen molar-refractivity contribution in [2.75, 3.05) is 33.4 Å². The number of nitrogens with zero attached hydrogens (tertiary/aromatic N) is 1. The minimum absolute atomic E-state index is 0.338. The molecular formula is C10H22N2O3S. The quantitative estimate of drug-likeness (QED) is 0.723. The number of hydrogen-bond donors (Lipinski definition) is 1. The first kappa shape index (κ1) is 13.9. The maximum absolute atomic E-state index is 12.0. The fraction of sp³-hybridized carbons (Fsp3) is 1.00. The molecule has 1 unspecified atom stereocenters. The predicted molar refractivity (Wildman–Crippen MR) is 63.9 cm³/mol. The molecule has 1 aliphatic rings. The summed E-state index contributed by atoms with van der Waals surface area (Å²) in [5.74, 6) is 0. The van der Waals surface area contributed by atoms with Gasteiger partial charge in [0, 0.05) is 32.8 Å². The summed E-state index contributed by atoms with van der Waals surface area (Å²) >= 11 is 0. The Morgan fingerprint density at radius 2 is 2.19 bits per heavy atom. The number of ether oxygens (including phenoxy) is 1. The van der Waals surface area contributed by atoms with Crippen LogP contribution in [0.1, 0.15) is 20.3 Å². The predicted octanol–water partition coefficient (Wildman–Crippen LogP) is 0.0349. The molecule has 16 heavy (non-hydrogen) atoms. The molecule has 0 aliphatic carbocycles. The highest BCUT2D eigenvalue weighted by Crippen LogP contribution is 2.16. The standard InChI is InChI=1S/C10H22N2O3S/c1-9(2)11-5-6-12(3)16(13,14)10-4-7-15-8-10/h9-11H,4-8H2,1-3H3. The number of likely N-dealkylation sites (N-methyl/N-ethyl adjacent to an activating group) is 1. The lowest BCUT2D eigenvalue weighted by molar-refractivity contribution is 0.198. The molecule has 0 amide bonds. The second-order valence-corrected chi connectivity index (χ2v) is 6.78. The lowest BCUT2D eigenvalue weighted by atomic mass is 10.4. The Kier molecular flexibility index (Phi) is 5.17. The van der Waals surface area contributed by atoms with Crippen LogP contribution in [0.5, 0.6) is 0 Å². The molecule has 0 radical (unpaired) electrons.